The van der Waals surface area contributed by atoms with Gasteiger partial charge in [-0.15, -0.1) is 11.8 Å². The lowest BCUT2D eigenvalue weighted by molar-refractivity contribution is 0.196. The molecular weight excluding hydrogens is 312 g/mol. The number of unbranched alkanes of at least 4 members (excludes halogenated alkanes) is 7. The molecule has 1 rings (SSSR count). The molecule has 0 saturated carbocycles. The molecule has 136 valence electrons. The lowest BCUT2D eigenvalue weighted by atomic mass is 9.98. The summed E-state index contributed by atoms with van der Waals surface area (Å²) < 4.78 is 0. The molecular formula is C22H36OS. The van der Waals surface area contributed by atoms with Gasteiger partial charge in [0.1, 0.15) is 0 Å². The molecule has 24 heavy (non-hydrogen) atoms. The highest BCUT2D eigenvalue weighted by Gasteiger charge is 2.10. The van der Waals surface area contributed by atoms with Crippen molar-refractivity contribution in [3.05, 3.63) is 46.9 Å². The number of hydrogen-bond donors (Lipinski definition) is 1. The Labute approximate surface area is 153 Å². The van der Waals surface area contributed by atoms with E-state index in [9.17, 15) is 5.11 Å². The van der Waals surface area contributed by atoms with E-state index in [2.05, 4.69) is 42.9 Å². The van der Waals surface area contributed by atoms with E-state index in [1.54, 1.807) is 11.8 Å². The van der Waals surface area contributed by atoms with Crippen LogP contribution < -0.4 is 0 Å². The molecule has 1 aromatic rings. The minimum atomic E-state index is -0.290. The third kappa shape index (κ3) is 10.2. The first-order valence-corrected chi connectivity index (χ1v) is 11.0. The molecule has 2 heteroatoms. The van der Waals surface area contributed by atoms with Crippen molar-refractivity contribution in [3.63, 3.8) is 0 Å². The second-order valence-electron chi connectivity index (χ2n) is 6.69. The average Bonchev–Trinajstić information content (AvgIpc) is 2.62. The molecule has 0 aliphatic rings. The van der Waals surface area contributed by atoms with E-state index in [1.807, 2.05) is 6.07 Å². The highest BCUT2D eigenvalue weighted by molar-refractivity contribution is 8.01. The van der Waals surface area contributed by atoms with Crippen molar-refractivity contribution in [3.8, 4) is 0 Å². The van der Waals surface area contributed by atoms with Crippen LogP contribution in [0.3, 0.4) is 0 Å². The lowest BCUT2D eigenvalue weighted by Gasteiger charge is -2.15. The molecule has 1 N–H and O–H groups in total. The minimum Gasteiger partial charge on any atom is -0.389 e. The summed E-state index contributed by atoms with van der Waals surface area (Å²) >= 11 is 1.72. The molecule has 0 aliphatic carbocycles. The van der Waals surface area contributed by atoms with Crippen molar-refractivity contribution in [2.45, 2.75) is 83.7 Å². The highest BCUT2D eigenvalue weighted by Crippen LogP contribution is 2.21. The lowest BCUT2D eigenvalue weighted by Crippen LogP contribution is -2.11. The normalized spacial score (nSPS) is 13.2. The fourth-order valence-corrected chi connectivity index (χ4v) is 3.63. The number of benzene rings is 1. The third-order valence-electron chi connectivity index (χ3n) is 4.57. The molecule has 0 amide bonds. The SMILES string of the molecule is CCCCCCCCCCC(=CSC)C(O)CCc1ccccc1. The zero-order valence-corrected chi connectivity index (χ0v) is 16.5. The maximum Gasteiger partial charge on any atom is 0.0761 e. The van der Waals surface area contributed by atoms with Crippen molar-refractivity contribution in [2.75, 3.05) is 6.26 Å². The smallest absolute Gasteiger partial charge is 0.0761 e. The summed E-state index contributed by atoms with van der Waals surface area (Å²) in [6.07, 6.45) is 15.3. The van der Waals surface area contributed by atoms with Crippen molar-refractivity contribution in [1.82, 2.24) is 0 Å². The molecule has 0 heterocycles. The number of hydrogen-bond acceptors (Lipinski definition) is 2. The molecule has 0 aliphatic heterocycles. The third-order valence-corrected chi connectivity index (χ3v) is 5.10. The summed E-state index contributed by atoms with van der Waals surface area (Å²) in [6, 6.07) is 10.5. The van der Waals surface area contributed by atoms with Crippen molar-refractivity contribution in [1.29, 1.82) is 0 Å². The number of aryl methyl sites for hydroxylation is 1. The van der Waals surface area contributed by atoms with E-state index >= 15 is 0 Å². The van der Waals surface area contributed by atoms with E-state index in [4.69, 9.17) is 0 Å². The van der Waals surface area contributed by atoms with Crippen LogP contribution in [0, 0.1) is 0 Å². The summed E-state index contributed by atoms with van der Waals surface area (Å²) in [5.41, 5.74) is 2.54. The molecule has 0 radical (unpaired) electrons. The van der Waals surface area contributed by atoms with Crippen LogP contribution in [0.2, 0.25) is 0 Å². The van der Waals surface area contributed by atoms with Gasteiger partial charge in [0.2, 0.25) is 0 Å². The van der Waals surface area contributed by atoms with Crippen LogP contribution in [0.1, 0.15) is 76.7 Å². The Morgan fingerprint density at radius 2 is 1.62 bits per heavy atom. The van der Waals surface area contributed by atoms with E-state index in [0.717, 1.165) is 19.3 Å². The number of aliphatic hydroxyl groups is 1. The molecule has 0 bridgehead atoms. The van der Waals surface area contributed by atoms with Crippen LogP contribution in [-0.2, 0) is 6.42 Å². The Balaban J connectivity index is 2.21. The molecule has 0 aromatic heterocycles. The first kappa shape index (κ1) is 21.3. The maximum atomic E-state index is 10.5. The maximum absolute atomic E-state index is 10.5. The summed E-state index contributed by atoms with van der Waals surface area (Å²) in [5.74, 6) is 0. The van der Waals surface area contributed by atoms with Crippen LogP contribution in [0.4, 0.5) is 0 Å². The number of rotatable bonds is 14. The van der Waals surface area contributed by atoms with E-state index < -0.39 is 0 Å². The molecule has 1 unspecified atom stereocenters. The number of aliphatic hydroxyl groups excluding tert-OH is 1. The van der Waals surface area contributed by atoms with E-state index in [1.165, 1.54) is 62.5 Å². The molecule has 1 nitrogen and oxygen atoms in total. The van der Waals surface area contributed by atoms with Gasteiger partial charge >= 0.3 is 0 Å². The number of thioether (sulfide) groups is 1. The van der Waals surface area contributed by atoms with Gasteiger partial charge in [0.05, 0.1) is 6.10 Å². The van der Waals surface area contributed by atoms with Crippen LogP contribution in [0.15, 0.2) is 41.3 Å². The molecule has 0 spiro atoms. The molecule has 1 atom stereocenters. The van der Waals surface area contributed by atoms with Gasteiger partial charge in [-0.05, 0) is 48.5 Å². The van der Waals surface area contributed by atoms with Gasteiger partial charge < -0.3 is 5.11 Å². The van der Waals surface area contributed by atoms with Crippen LogP contribution in [-0.4, -0.2) is 17.5 Å². The first-order chi connectivity index (χ1) is 11.8. The topological polar surface area (TPSA) is 20.2 Å². The van der Waals surface area contributed by atoms with Gasteiger partial charge in [0.15, 0.2) is 0 Å². The van der Waals surface area contributed by atoms with Gasteiger partial charge in [-0.25, -0.2) is 0 Å². The summed E-state index contributed by atoms with van der Waals surface area (Å²) in [5, 5.41) is 12.7. The summed E-state index contributed by atoms with van der Waals surface area (Å²) in [6.45, 7) is 2.27. The van der Waals surface area contributed by atoms with E-state index in [-0.39, 0.29) is 6.10 Å². The summed E-state index contributed by atoms with van der Waals surface area (Å²) in [4.78, 5) is 0. The Morgan fingerprint density at radius 1 is 1.00 bits per heavy atom. The van der Waals surface area contributed by atoms with Crippen molar-refractivity contribution < 1.29 is 5.11 Å². The zero-order valence-electron chi connectivity index (χ0n) is 15.7. The van der Waals surface area contributed by atoms with Gasteiger partial charge in [0.25, 0.3) is 0 Å². The Morgan fingerprint density at radius 3 is 2.25 bits per heavy atom. The predicted octanol–water partition coefficient (Wildman–Crippen LogP) is 6.76. The quantitative estimate of drug-likeness (QED) is 0.375. The fourth-order valence-electron chi connectivity index (χ4n) is 3.05. The van der Waals surface area contributed by atoms with Gasteiger partial charge in [-0.3, -0.25) is 0 Å². The van der Waals surface area contributed by atoms with E-state index in [0.29, 0.717) is 0 Å². The fraction of sp³-hybridized carbons (Fsp3) is 0.636. The summed E-state index contributed by atoms with van der Waals surface area (Å²) in [7, 11) is 0. The van der Waals surface area contributed by atoms with Crippen LogP contribution in [0.25, 0.3) is 0 Å². The Bertz CT molecular complexity index is 427. The minimum absolute atomic E-state index is 0.290. The Kier molecular flexibility index (Phi) is 13.0. The largest absolute Gasteiger partial charge is 0.389 e. The molecule has 1 aromatic carbocycles. The predicted molar refractivity (Wildman–Crippen MR) is 110 cm³/mol. The molecule has 0 fully saturated rings. The van der Waals surface area contributed by atoms with Crippen LogP contribution >= 0.6 is 11.8 Å². The molecule has 0 saturated heterocycles. The van der Waals surface area contributed by atoms with Crippen LogP contribution in [0.5, 0.6) is 0 Å². The average molecular weight is 349 g/mol. The Hall–Kier alpha value is -0.730. The van der Waals surface area contributed by atoms with Crippen molar-refractivity contribution >= 4 is 11.8 Å². The van der Waals surface area contributed by atoms with Crippen molar-refractivity contribution in [2.24, 2.45) is 0 Å². The standard InChI is InChI=1S/C22H36OS/c1-3-4-5-6-7-8-9-13-16-21(19-24-2)22(23)18-17-20-14-11-10-12-15-20/h10-12,14-15,19,22-23H,3-9,13,16-18H2,1-2H3. The zero-order chi connectivity index (χ0) is 17.5. The van der Waals surface area contributed by atoms with Gasteiger partial charge in [-0.1, -0.05) is 82.2 Å². The monoisotopic (exact) mass is 348 g/mol. The highest BCUT2D eigenvalue weighted by atomic mass is 32.2. The van der Waals surface area contributed by atoms with Gasteiger partial charge in [0, 0.05) is 0 Å². The first-order valence-electron chi connectivity index (χ1n) is 9.71. The second kappa shape index (κ2) is 14.6. The van der Waals surface area contributed by atoms with Gasteiger partial charge in [-0.2, -0.15) is 0 Å². The second-order valence-corrected chi connectivity index (χ2v) is 7.40.